The van der Waals surface area contributed by atoms with Crippen molar-refractivity contribution < 1.29 is 9.90 Å². The van der Waals surface area contributed by atoms with E-state index in [-0.39, 0.29) is 27.8 Å². The van der Waals surface area contributed by atoms with Crippen molar-refractivity contribution in [2.24, 2.45) is 45.3 Å². The zero-order valence-corrected chi connectivity index (χ0v) is 22.1. The highest BCUT2D eigenvalue weighted by Gasteiger charge is 2.65. The predicted octanol–water partition coefficient (Wildman–Crippen LogP) is 7.74. The minimum atomic E-state index is -0.230. The van der Waals surface area contributed by atoms with E-state index in [1.54, 1.807) is 11.1 Å². The monoisotopic (exact) mass is 442 g/mol. The van der Waals surface area contributed by atoms with Gasteiger partial charge in [0.2, 0.25) is 0 Å². The number of aliphatic hydroxyl groups excluding tert-OH is 1. The lowest BCUT2D eigenvalue weighted by atomic mass is 9.43. The van der Waals surface area contributed by atoms with Gasteiger partial charge in [0.1, 0.15) is 6.29 Å². The molecule has 4 rings (SSSR count). The Bertz CT molecular complexity index is 763. The van der Waals surface area contributed by atoms with Gasteiger partial charge in [-0.2, -0.15) is 0 Å². The Labute approximate surface area is 198 Å². The molecular weight excluding hydrogens is 392 g/mol. The number of aliphatic hydroxyl groups is 1. The highest BCUT2D eigenvalue weighted by atomic mass is 16.3. The summed E-state index contributed by atoms with van der Waals surface area (Å²) in [7, 11) is 0. The second-order valence-electron chi connectivity index (χ2n) is 13.8. The minimum absolute atomic E-state index is 0.0379. The van der Waals surface area contributed by atoms with Crippen LogP contribution in [-0.4, -0.2) is 17.5 Å². The third-order valence-electron chi connectivity index (χ3n) is 11.6. The molecule has 1 N–H and O–H groups in total. The van der Waals surface area contributed by atoms with Crippen molar-refractivity contribution in [1.29, 1.82) is 0 Å². The molecule has 1 unspecified atom stereocenters. The van der Waals surface area contributed by atoms with E-state index >= 15 is 0 Å². The quantitative estimate of drug-likeness (QED) is 0.337. The Hall–Kier alpha value is -0.630. The van der Waals surface area contributed by atoms with Crippen molar-refractivity contribution in [3.05, 3.63) is 11.1 Å². The summed E-state index contributed by atoms with van der Waals surface area (Å²) in [6.45, 7) is 16.7. The fourth-order valence-corrected chi connectivity index (χ4v) is 9.63. The van der Waals surface area contributed by atoms with Gasteiger partial charge in [-0.05, 0) is 91.3 Å². The Morgan fingerprint density at radius 2 is 1.66 bits per heavy atom. The summed E-state index contributed by atoms with van der Waals surface area (Å²) in [5.74, 6) is 2.69. The van der Waals surface area contributed by atoms with E-state index in [0.29, 0.717) is 17.8 Å². The molecule has 2 nitrogen and oxygen atoms in total. The SMILES string of the molecule is CC(C)CCC[C@@H](C)[C@H]1CC[C@@]2(C=O)C3=C(CC[C@]12C)[C@@]1(C)CCC(O)C(C)(C)[C@@H]1CC3. The van der Waals surface area contributed by atoms with Crippen molar-refractivity contribution in [2.75, 3.05) is 0 Å². The fourth-order valence-electron chi connectivity index (χ4n) is 9.63. The van der Waals surface area contributed by atoms with E-state index in [9.17, 15) is 9.90 Å². The van der Waals surface area contributed by atoms with Gasteiger partial charge in [0.05, 0.1) is 11.5 Å². The molecule has 4 aliphatic rings. The van der Waals surface area contributed by atoms with E-state index in [1.807, 2.05) is 0 Å². The zero-order chi connectivity index (χ0) is 23.5. The van der Waals surface area contributed by atoms with Gasteiger partial charge < -0.3 is 9.90 Å². The number of fused-ring (bicyclic) bond motifs is 4. The van der Waals surface area contributed by atoms with Crippen molar-refractivity contribution in [3.8, 4) is 0 Å². The minimum Gasteiger partial charge on any atom is -0.393 e. The largest absolute Gasteiger partial charge is 0.393 e. The molecule has 0 heterocycles. The summed E-state index contributed by atoms with van der Waals surface area (Å²) in [5.41, 5.74) is 3.22. The van der Waals surface area contributed by atoms with Crippen LogP contribution in [0.1, 0.15) is 119 Å². The Kier molecular flexibility index (Phi) is 6.31. The first-order chi connectivity index (χ1) is 14.9. The molecule has 0 aromatic carbocycles. The lowest BCUT2D eigenvalue weighted by Crippen LogP contribution is -2.55. The maximum absolute atomic E-state index is 13.1. The molecule has 182 valence electrons. The summed E-state index contributed by atoms with van der Waals surface area (Å²) in [4.78, 5) is 13.1. The van der Waals surface area contributed by atoms with Crippen LogP contribution < -0.4 is 0 Å². The zero-order valence-electron chi connectivity index (χ0n) is 22.1. The van der Waals surface area contributed by atoms with Gasteiger partial charge in [-0.3, -0.25) is 0 Å². The summed E-state index contributed by atoms with van der Waals surface area (Å²) >= 11 is 0. The number of aldehydes is 1. The van der Waals surface area contributed by atoms with Crippen LogP contribution in [-0.2, 0) is 4.79 Å². The number of hydrogen-bond acceptors (Lipinski definition) is 2. The molecule has 0 aromatic heterocycles. The van der Waals surface area contributed by atoms with Crippen LogP contribution in [0.25, 0.3) is 0 Å². The van der Waals surface area contributed by atoms with Crippen LogP contribution in [0.15, 0.2) is 11.1 Å². The standard InChI is InChI=1S/C30H50O2/c1-20(2)9-8-10-21(3)22-14-18-30(19-31)24-11-12-25-27(4,5)26(32)15-16-28(25,6)23(24)13-17-29(22,30)7/h19-22,25-26,32H,8-18H2,1-7H3/t21-,22-,25+,26?,28-,29-,30-/m1/s1. The van der Waals surface area contributed by atoms with Gasteiger partial charge in [-0.15, -0.1) is 0 Å². The number of carbonyl (C=O) groups is 1. The van der Waals surface area contributed by atoms with Crippen LogP contribution in [0, 0.1) is 45.3 Å². The topological polar surface area (TPSA) is 37.3 Å². The first-order valence-electron chi connectivity index (χ1n) is 13.8. The summed E-state index contributed by atoms with van der Waals surface area (Å²) in [6.07, 6.45) is 14.0. The van der Waals surface area contributed by atoms with Crippen LogP contribution in [0.2, 0.25) is 0 Å². The summed E-state index contributed by atoms with van der Waals surface area (Å²) in [5, 5.41) is 10.8. The van der Waals surface area contributed by atoms with Crippen molar-refractivity contribution in [3.63, 3.8) is 0 Å². The van der Waals surface area contributed by atoms with Gasteiger partial charge in [0, 0.05) is 0 Å². The third kappa shape index (κ3) is 3.32. The predicted molar refractivity (Wildman–Crippen MR) is 133 cm³/mol. The first-order valence-corrected chi connectivity index (χ1v) is 13.8. The van der Waals surface area contributed by atoms with Gasteiger partial charge in [0.15, 0.2) is 0 Å². The van der Waals surface area contributed by atoms with E-state index in [0.717, 1.165) is 38.0 Å². The molecule has 0 saturated heterocycles. The third-order valence-corrected chi connectivity index (χ3v) is 11.6. The summed E-state index contributed by atoms with van der Waals surface area (Å²) < 4.78 is 0. The fraction of sp³-hybridized carbons (Fsp3) is 0.900. The van der Waals surface area contributed by atoms with Gasteiger partial charge in [-0.25, -0.2) is 0 Å². The molecule has 0 aromatic rings. The molecule has 32 heavy (non-hydrogen) atoms. The second-order valence-corrected chi connectivity index (χ2v) is 13.8. The lowest BCUT2D eigenvalue weighted by Gasteiger charge is -2.61. The van der Waals surface area contributed by atoms with Crippen LogP contribution in [0.5, 0.6) is 0 Å². The summed E-state index contributed by atoms with van der Waals surface area (Å²) in [6, 6.07) is 0. The number of rotatable bonds is 6. The number of hydrogen-bond donors (Lipinski definition) is 1. The van der Waals surface area contributed by atoms with E-state index < -0.39 is 0 Å². The molecule has 0 amide bonds. The van der Waals surface area contributed by atoms with Crippen LogP contribution in [0.4, 0.5) is 0 Å². The Morgan fingerprint density at radius 3 is 2.31 bits per heavy atom. The molecule has 4 aliphatic carbocycles. The normalized spacial score (nSPS) is 44.1. The Balaban J connectivity index is 1.67. The molecule has 0 bridgehead atoms. The second kappa shape index (κ2) is 8.24. The molecule has 2 saturated carbocycles. The van der Waals surface area contributed by atoms with E-state index in [2.05, 4.69) is 48.5 Å². The lowest BCUT2D eigenvalue weighted by molar-refractivity contribution is -0.125. The van der Waals surface area contributed by atoms with Crippen LogP contribution in [0.3, 0.4) is 0 Å². The van der Waals surface area contributed by atoms with Gasteiger partial charge in [-0.1, -0.05) is 78.9 Å². The molecule has 0 aliphatic heterocycles. The van der Waals surface area contributed by atoms with E-state index in [1.165, 1.54) is 44.8 Å². The number of allylic oxidation sites excluding steroid dienone is 2. The highest BCUT2D eigenvalue weighted by molar-refractivity contribution is 5.70. The van der Waals surface area contributed by atoms with Crippen LogP contribution >= 0.6 is 0 Å². The number of carbonyl (C=O) groups excluding carboxylic acids is 1. The average Bonchev–Trinajstić information content (AvgIpc) is 3.04. The average molecular weight is 443 g/mol. The van der Waals surface area contributed by atoms with Crippen molar-refractivity contribution >= 4 is 6.29 Å². The molecule has 0 radical (unpaired) electrons. The molecule has 7 atom stereocenters. The maximum Gasteiger partial charge on any atom is 0.130 e. The van der Waals surface area contributed by atoms with Crippen molar-refractivity contribution in [1.82, 2.24) is 0 Å². The van der Waals surface area contributed by atoms with Gasteiger partial charge in [0.25, 0.3) is 0 Å². The molecule has 0 spiro atoms. The Morgan fingerprint density at radius 1 is 0.938 bits per heavy atom. The molecule has 2 heteroatoms. The van der Waals surface area contributed by atoms with Gasteiger partial charge >= 0.3 is 0 Å². The first kappa shape index (κ1) is 24.5. The highest BCUT2D eigenvalue weighted by Crippen LogP contribution is 2.72. The molecule has 2 fully saturated rings. The van der Waals surface area contributed by atoms with E-state index in [4.69, 9.17) is 0 Å². The smallest absolute Gasteiger partial charge is 0.130 e. The maximum atomic E-state index is 13.1. The molecular formula is C30H50O2. The van der Waals surface area contributed by atoms with Crippen molar-refractivity contribution in [2.45, 2.75) is 125 Å².